The Kier molecular flexibility index (Phi) is 5.75. The van der Waals surface area contributed by atoms with Gasteiger partial charge in [0.05, 0.1) is 29.1 Å². The summed E-state index contributed by atoms with van der Waals surface area (Å²) in [5, 5.41) is 11.3. The van der Waals surface area contributed by atoms with Gasteiger partial charge >= 0.3 is 6.18 Å². The van der Waals surface area contributed by atoms with Crippen LogP contribution in [0, 0.1) is 11.3 Å². The first kappa shape index (κ1) is 20.3. The summed E-state index contributed by atoms with van der Waals surface area (Å²) in [6.45, 7) is -0.602. The third-order valence-electron chi connectivity index (χ3n) is 3.45. The van der Waals surface area contributed by atoms with Crippen LogP contribution in [0.3, 0.4) is 0 Å². The molecule has 142 valence electrons. The summed E-state index contributed by atoms with van der Waals surface area (Å²) in [6.07, 6.45) is -3.60. The van der Waals surface area contributed by atoms with Gasteiger partial charge in [-0.2, -0.15) is 18.4 Å². The number of benzene rings is 2. The van der Waals surface area contributed by atoms with E-state index >= 15 is 0 Å². The molecule has 0 aromatic heterocycles. The number of carbonyl (C=O) groups excluding carboxylic acids is 1. The Hall–Kier alpha value is -3.06. The molecule has 1 N–H and O–H groups in total. The fraction of sp³-hybridized carbons (Fsp3) is 0.176. The highest BCUT2D eigenvalue weighted by Crippen LogP contribution is 2.29. The van der Waals surface area contributed by atoms with E-state index < -0.39 is 34.2 Å². The Morgan fingerprint density at radius 2 is 1.81 bits per heavy atom. The first-order valence-corrected chi connectivity index (χ1v) is 9.30. The van der Waals surface area contributed by atoms with Crippen LogP contribution in [-0.4, -0.2) is 27.1 Å². The van der Waals surface area contributed by atoms with Gasteiger partial charge in [-0.15, -0.1) is 0 Å². The quantitative estimate of drug-likeness (QED) is 0.840. The number of amides is 1. The molecule has 0 atom stereocenters. The average molecular weight is 397 g/mol. The van der Waals surface area contributed by atoms with Gasteiger partial charge in [0.25, 0.3) is 0 Å². The molecule has 2 aromatic rings. The molecular formula is C17H14F3N3O3S. The van der Waals surface area contributed by atoms with E-state index in [0.29, 0.717) is 0 Å². The number of nitrogens with one attached hydrogen (secondary N) is 1. The van der Waals surface area contributed by atoms with Crippen LogP contribution in [0.15, 0.2) is 48.5 Å². The zero-order chi connectivity index (χ0) is 20.2. The van der Waals surface area contributed by atoms with Crippen molar-refractivity contribution in [3.05, 3.63) is 59.7 Å². The Morgan fingerprint density at radius 1 is 1.19 bits per heavy atom. The molecule has 0 aliphatic carbocycles. The molecule has 0 aliphatic heterocycles. The van der Waals surface area contributed by atoms with Crippen LogP contribution < -0.4 is 9.62 Å². The van der Waals surface area contributed by atoms with E-state index in [9.17, 15) is 26.4 Å². The molecule has 0 saturated heterocycles. The molecule has 0 bridgehead atoms. The summed E-state index contributed by atoms with van der Waals surface area (Å²) in [5.74, 6) is -0.748. The van der Waals surface area contributed by atoms with E-state index in [2.05, 4.69) is 5.32 Å². The van der Waals surface area contributed by atoms with Gasteiger partial charge in [-0.1, -0.05) is 6.07 Å². The van der Waals surface area contributed by atoms with E-state index in [1.807, 2.05) is 6.07 Å². The summed E-state index contributed by atoms with van der Waals surface area (Å²) < 4.78 is 62.5. The average Bonchev–Trinajstić information content (AvgIpc) is 2.58. The lowest BCUT2D eigenvalue weighted by molar-refractivity contribution is -0.137. The minimum atomic E-state index is -4.50. The summed E-state index contributed by atoms with van der Waals surface area (Å²) in [4.78, 5) is 12.2. The SMILES string of the molecule is CS(=O)(=O)N(CC(=O)Nc1ccc(C(F)(F)F)cc1)c1cccc(C#N)c1. The van der Waals surface area contributed by atoms with E-state index in [4.69, 9.17) is 5.26 Å². The maximum atomic E-state index is 12.6. The Morgan fingerprint density at radius 3 is 2.33 bits per heavy atom. The van der Waals surface area contributed by atoms with Gasteiger partial charge in [0.2, 0.25) is 15.9 Å². The number of hydrogen-bond acceptors (Lipinski definition) is 4. The van der Waals surface area contributed by atoms with Gasteiger partial charge < -0.3 is 5.32 Å². The number of alkyl halides is 3. The minimum Gasteiger partial charge on any atom is -0.325 e. The lowest BCUT2D eigenvalue weighted by Crippen LogP contribution is -2.37. The van der Waals surface area contributed by atoms with E-state index in [0.717, 1.165) is 34.8 Å². The molecule has 0 saturated carbocycles. The smallest absolute Gasteiger partial charge is 0.325 e. The number of carbonyl (C=O) groups is 1. The van der Waals surface area contributed by atoms with E-state index in [1.165, 1.54) is 24.3 Å². The van der Waals surface area contributed by atoms with Crippen molar-refractivity contribution < 1.29 is 26.4 Å². The Balaban J connectivity index is 2.18. The number of nitriles is 1. The fourth-order valence-electron chi connectivity index (χ4n) is 2.20. The molecule has 2 aromatic carbocycles. The number of sulfonamides is 1. The first-order valence-electron chi connectivity index (χ1n) is 7.45. The van der Waals surface area contributed by atoms with Gasteiger partial charge in [0, 0.05) is 5.69 Å². The third-order valence-corrected chi connectivity index (χ3v) is 4.59. The third kappa shape index (κ3) is 5.46. The predicted molar refractivity (Wildman–Crippen MR) is 93.4 cm³/mol. The number of halogens is 3. The molecule has 2 rings (SSSR count). The topological polar surface area (TPSA) is 90.3 Å². The molecule has 0 unspecified atom stereocenters. The first-order chi connectivity index (χ1) is 12.5. The lowest BCUT2D eigenvalue weighted by Gasteiger charge is -2.22. The summed E-state index contributed by atoms with van der Waals surface area (Å²) in [5.41, 5.74) is -0.442. The number of hydrogen-bond donors (Lipinski definition) is 1. The van der Waals surface area contributed by atoms with Crippen LogP contribution in [0.4, 0.5) is 24.5 Å². The van der Waals surface area contributed by atoms with Gasteiger partial charge in [0.15, 0.2) is 0 Å². The van der Waals surface area contributed by atoms with Gasteiger partial charge in [-0.25, -0.2) is 8.42 Å². The zero-order valence-electron chi connectivity index (χ0n) is 14.0. The van der Waals surface area contributed by atoms with Crippen molar-refractivity contribution >= 4 is 27.3 Å². The second-order valence-electron chi connectivity index (χ2n) is 5.56. The molecule has 27 heavy (non-hydrogen) atoms. The summed E-state index contributed by atoms with van der Waals surface area (Å²) in [6, 6.07) is 11.3. The Labute approximate surface area is 153 Å². The zero-order valence-corrected chi connectivity index (χ0v) is 14.8. The van der Waals surface area contributed by atoms with Crippen LogP contribution in [0.25, 0.3) is 0 Å². The normalized spacial score (nSPS) is 11.5. The highest BCUT2D eigenvalue weighted by molar-refractivity contribution is 7.92. The lowest BCUT2D eigenvalue weighted by atomic mass is 10.2. The standard InChI is InChI=1S/C17H14F3N3O3S/c1-27(25,26)23(15-4-2-3-12(9-15)10-21)11-16(24)22-14-7-5-13(6-8-14)17(18,19)20/h2-9H,11H2,1H3,(H,22,24). The van der Waals surface area contributed by atoms with Crippen molar-refractivity contribution in [2.75, 3.05) is 22.4 Å². The van der Waals surface area contributed by atoms with Gasteiger partial charge in [-0.05, 0) is 42.5 Å². The molecular weight excluding hydrogens is 383 g/mol. The molecule has 1 amide bonds. The second-order valence-corrected chi connectivity index (χ2v) is 7.46. The maximum Gasteiger partial charge on any atom is 0.416 e. The predicted octanol–water partition coefficient (Wildman–Crippen LogP) is 2.98. The van der Waals surface area contributed by atoms with Crippen molar-refractivity contribution in [2.24, 2.45) is 0 Å². The summed E-state index contributed by atoms with van der Waals surface area (Å²) >= 11 is 0. The number of anilines is 2. The van der Waals surface area contributed by atoms with Crippen LogP contribution in [0.5, 0.6) is 0 Å². The fourth-order valence-corrected chi connectivity index (χ4v) is 3.05. The van der Waals surface area contributed by atoms with Crippen molar-refractivity contribution in [1.29, 1.82) is 5.26 Å². The largest absolute Gasteiger partial charge is 0.416 e. The molecule has 10 heteroatoms. The molecule has 6 nitrogen and oxygen atoms in total. The van der Waals surface area contributed by atoms with Crippen molar-refractivity contribution in [1.82, 2.24) is 0 Å². The highest BCUT2D eigenvalue weighted by atomic mass is 32.2. The van der Waals surface area contributed by atoms with Crippen LogP contribution in [-0.2, 0) is 21.0 Å². The maximum absolute atomic E-state index is 12.6. The second kappa shape index (κ2) is 7.67. The van der Waals surface area contributed by atoms with E-state index in [1.54, 1.807) is 0 Å². The van der Waals surface area contributed by atoms with Crippen LogP contribution >= 0.6 is 0 Å². The van der Waals surface area contributed by atoms with Crippen molar-refractivity contribution in [3.8, 4) is 6.07 Å². The molecule has 0 spiro atoms. The molecule has 0 radical (unpaired) electrons. The van der Waals surface area contributed by atoms with Crippen molar-refractivity contribution in [3.63, 3.8) is 0 Å². The molecule has 0 aliphatic rings. The monoisotopic (exact) mass is 397 g/mol. The Bertz CT molecular complexity index is 981. The van der Waals surface area contributed by atoms with Crippen molar-refractivity contribution in [2.45, 2.75) is 6.18 Å². The van der Waals surface area contributed by atoms with Gasteiger partial charge in [-0.3, -0.25) is 9.10 Å². The molecule has 0 heterocycles. The number of rotatable bonds is 5. The van der Waals surface area contributed by atoms with Crippen LogP contribution in [0.1, 0.15) is 11.1 Å². The number of nitrogens with zero attached hydrogens (tertiary/aromatic N) is 2. The van der Waals surface area contributed by atoms with Crippen LogP contribution in [0.2, 0.25) is 0 Å². The summed E-state index contributed by atoms with van der Waals surface area (Å²) in [7, 11) is -3.84. The van der Waals surface area contributed by atoms with Gasteiger partial charge in [0.1, 0.15) is 6.54 Å². The molecule has 0 fully saturated rings. The minimum absolute atomic E-state index is 0.0900. The van der Waals surface area contributed by atoms with E-state index in [-0.39, 0.29) is 16.9 Å². The highest BCUT2D eigenvalue weighted by Gasteiger charge is 2.30.